The monoisotopic (exact) mass is 250 g/mol. The molecule has 0 atom stereocenters. The molecule has 0 aromatic heterocycles. The Morgan fingerprint density at radius 1 is 1.00 bits per heavy atom. The molecule has 0 spiro atoms. The first-order chi connectivity index (χ1) is 7.74. The normalized spacial score (nSPS) is 13.0. The second-order valence-corrected chi connectivity index (χ2v) is 3.18. The molecule has 0 radical (unpaired) electrons. The van der Waals surface area contributed by atoms with E-state index in [0.717, 1.165) is 0 Å². The average molecular weight is 250 g/mol. The summed E-state index contributed by atoms with van der Waals surface area (Å²) in [7, 11) is 0. The second-order valence-electron chi connectivity index (χ2n) is 3.18. The average Bonchev–Trinajstić information content (AvgIpc) is 2.25. The van der Waals surface area contributed by atoms with Crippen LogP contribution in [0, 0.1) is 0 Å². The minimum atomic E-state index is -5.69. The maximum Gasteiger partial charge on any atom is 0.457 e. The second kappa shape index (κ2) is 4.65. The van der Waals surface area contributed by atoms with Gasteiger partial charge >= 0.3 is 12.1 Å². The van der Waals surface area contributed by atoms with E-state index in [2.05, 4.69) is 0 Å². The Morgan fingerprint density at radius 3 is 2.00 bits per heavy atom. The summed E-state index contributed by atoms with van der Waals surface area (Å²) in [5.74, 6) is -5.91. The fraction of sp³-hybridized carbons (Fsp3) is 0.182. The van der Waals surface area contributed by atoms with E-state index in [9.17, 15) is 26.7 Å². The lowest BCUT2D eigenvalue weighted by atomic mass is 10.1. The van der Waals surface area contributed by atoms with E-state index >= 15 is 0 Å². The topological polar surface area (TPSA) is 17.1 Å². The Morgan fingerprint density at radius 2 is 1.53 bits per heavy atom. The van der Waals surface area contributed by atoms with Crippen molar-refractivity contribution in [3.05, 3.63) is 48.0 Å². The molecule has 0 N–H and O–H groups in total. The van der Waals surface area contributed by atoms with Crippen LogP contribution in [0.25, 0.3) is 0 Å². The van der Waals surface area contributed by atoms with E-state index in [0.29, 0.717) is 0 Å². The summed E-state index contributed by atoms with van der Waals surface area (Å²) in [6.07, 6.45) is -5.91. The van der Waals surface area contributed by atoms with Crippen molar-refractivity contribution in [2.75, 3.05) is 0 Å². The summed E-state index contributed by atoms with van der Waals surface area (Å²) in [5, 5.41) is 0. The van der Waals surface area contributed by atoms with Crippen LogP contribution in [-0.4, -0.2) is 17.9 Å². The van der Waals surface area contributed by atoms with Crippen molar-refractivity contribution in [3.63, 3.8) is 0 Å². The molecule has 1 rings (SSSR count). The molecule has 0 heterocycles. The van der Waals surface area contributed by atoms with E-state index in [1.165, 1.54) is 24.3 Å². The Labute approximate surface area is 93.6 Å². The molecule has 1 aromatic carbocycles. The number of ketones is 1. The lowest BCUT2D eigenvalue weighted by Crippen LogP contribution is -2.34. The fourth-order valence-electron chi connectivity index (χ4n) is 0.973. The molecule has 0 aliphatic heterocycles. The third kappa shape index (κ3) is 3.37. The van der Waals surface area contributed by atoms with Gasteiger partial charge in [0.05, 0.1) is 0 Å². The number of hydrogen-bond donors (Lipinski definition) is 0. The smallest absolute Gasteiger partial charge is 0.289 e. The molecule has 1 nitrogen and oxygen atoms in total. The van der Waals surface area contributed by atoms with E-state index < -0.39 is 24.0 Å². The number of alkyl halides is 5. The van der Waals surface area contributed by atoms with Crippen molar-refractivity contribution < 1.29 is 26.7 Å². The van der Waals surface area contributed by atoms with Gasteiger partial charge in [-0.3, -0.25) is 4.79 Å². The minimum absolute atomic E-state index is 0.0433. The SMILES string of the molecule is O=C(/C=C/C(F)(F)C(F)(F)F)c1ccccc1. The molecule has 0 saturated carbocycles. The van der Waals surface area contributed by atoms with Gasteiger partial charge in [-0.05, 0) is 12.2 Å². The lowest BCUT2D eigenvalue weighted by molar-refractivity contribution is -0.259. The number of carbonyl (C=O) groups is 1. The summed E-state index contributed by atoms with van der Waals surface area (Å²) >= 11 is 0. The van der Waals surface area contributed by atoms with E-state index in [-0.39, 0.29) is 11.6 Å². The molecule has 0 fully saturated rings. The van der Waals surface area contributed by atoms with Crippen molar-refractivity contribution in [3.8, 4) is 0 Å². The number of hydrogen-bond acceptors (Lipinski definition) is 1. The molecule has 0 bridgehead atoms. The highest BCUT2D eigenvalue weighted by atomic mass is 19.4. The fourth-order valence-corrected chi connectivity index (χ4v) is 0.973. The summed E-state index contributed by atoms with van der Waals surface area (Å²) < 4.78 is 60.2. The zero-order chi connectivity index (χ0) is 13.1. The standard InChI is InChI=1S/C11H7F5O/c12-10(13,11(14,15)16)7-6-9(17)8-4-2-1-3-5-8/h1-7H/b7-6+. The zero-order valence-electron chi connectivity index (χ0n) is 8.34. The van der Waals surface area contributed by atoms with Crippen molar-refractivity contribution in [2.24, 2.45) is 0 Å². The van der Waals surface area contributed by atoms with Crippen LogP contribution in [0.2, 0.25) is 0 Å². The van der Waals surface area contributed by atoms with Crippen molar-refractivity contribution in [2.45, 2.75) is 12.1 Å². The van der Waals surface area contributed by atoms with Gasteiger partial charge < -0.3 is 0 Å². The van der Waals surface area contributed by atoms with Gasteiger partial charge in [0.1, 0.15) is 0 Å². The van der Waals surface area contributed by atoms with Gasteiger partial charge in [-0.15, -0.1) is 0 Å². The summed E-state index contributed by atoms with van der Waals surface area (Å²) in [4.78, 5) is 11.2. The van der Waals surface area contributed by atoms with Gasteiger partial charge in [0, 0.05) is 5.56 Å². The molecule has 17 heavy (non-hydrogen) atoms. The summed E-state index contributed by atoms with van der Waals surface area (Å²) in [6.45, 7) is 0. The molecular formula is C11H7F5O. The van der Waals surface area contributed by atoms with Gasteiger partial charge in [0.25, 0.3) is 0 Å². The van der Waals surface area contributed by atoms with E-state index in [1.807, 2.05) is 0 Å². The number of rotatable bonds is 3. The summed E-state index contributed by atoms with van der Waals surface area (Å²) in [5.41, 5.74) is 0.0433. The van der Waals surface area contributed by atoms with Crippen molar-refractivity contribution >= 4 is 5.78 Å². The van der Waals surface area contributed by atoms with Crippen molar-refractivity contribution in [1.82, 2.24) is 0 Å². The van der Waals surface area contributed by atoms with E-state index in [4.69, 9.17) is 0 Å². The van der Waals surface area contributed by atoms with Gasteiger partial charge in [0.2, 0.25) is 0 Å². The van der Waals surface area contributed by atoms with Crippen molar-refractivity contribution in [1.29, 1.82) is 0 Å². The Hall–Kier alpha value is -1.72. The van der Waals surface area contributed by atoms with Crippen LogP contribution in [-0.2, 0) is 0 Å². The Bertz CT molecular complexity index is 419. The molecule has 92 valence electrons. The van der Waals surface area contributed by atoms with E-state index in [1.54, 1.807) is 6.07 Å². The van der Waals surface area contributed by atoms with Crippen LogP contribution >= 0.6 is 0 Å². The Kier molecular flexibility index (Phi) is 3.65. The predicted molar refractivity (Wildman–Crippen MR) is 50.9 cm³/mol. The van der Waals surface area contributed by atoms with Crippen LogP contribution < -0.4 is 0 Å². The molecule has 0 unspecified atom stereocenters. The molecule has 0 saturated heterocycles. The number of carbonyl (C=O) groups excluding carboxylic acids is 1. The van der Waals surface area contributed by atoms with Crippen LogP contribution in [0.5, 0.6) is 0 Å². The predicted octanol–water partition coefficient (Wildman–Crippen LogP) is 3.62. The van der Waals surface area contributed by atoms with Crippen LogP contribution in [0.1, 0.15) is 10.4 Å². The first kappa shape index (κ1) is 13.3. The van der Waals surface area contributed by atoms with Crippen LogP contribution in [0.15, 0.2) is 42.5 Å². The highest BCUT2D eigenvalue weighted by Gasteiger charge is 2.55. The highest BCUT2D eigenvalue weighted by molar-refractivity contribution is 6.04. The summed E-state index contributed by atoms with van der Waals surface area (Å²) in [6, 6.07) is 7.17. The molecular weight excluding hydrogens is 243 g/mol. The minimum Gasteiger partial charge on any atom is -0.289 e. The number of halogens is 5. The third-order valence-corrected chi connectivity index (χ3v) is 1.88. The molecule has 0 amide bonds. The van der Waals surface area contributed by atoms with Crippen LogP contribution in [0.3, 0.4) is 0 Å². The molecule has 6 heteroatoms. The van der Waals surface area contributed by atoms with Gasteiger partial charge in [-0.2, -0.15) is 22.0 Å². The third-order valence-electron chi connectivity index (χ3n) is 1.88. The van der Waals surface area contributed by atoms with Gasteiger partial charge in [-0.25, -0.2) is 0 Å². The number of allylic oxidation sites excluding steroid dienone is 2. The first-order valence-electron chi connectivity index (χ1n) is 4.47. The Balaban J connectivity index is 2.83. The van der Waals surface area contributed by atoms with Crippen LogP contribution in [0.4, 0.5) is 22.0 Å². The van der Waals surface area contributed by atoms with Gasteiger partial charge in [-0.1, -0.05) is 30.3 Å². The largest absolute Gasteiger partial charge is 0.457 e. The first-order valence-corrected chi connectivity index (χ1v) is 4.47. The quantitative estimate of drug-likeness (QED) is 0.455. The maximum atomic E-state index is 12.4. The zero-order valence-corrected chi connectivity index (χ0v) is 8.34. The lowest BCUT2D eigenvalue weighted by Gasteiger charge is -2.14. The molecule has 0 aliphatic rings. The maximum absolute atomic E-state index is 12.4. The highest BCUT2D eigenvalue weighted by Crippen LogP contribution is 2.36. The van der Waals surface area contributed by atoms with Gasteiger partial charge in [0.15, 0.2) is 5.78 Å². The number of benzene rings is 1. The molecule has 0 aliphatic carbocycles. The molecule has 1 aromatic rings.